The fourth-order valence-electron chi connectivity index (χ4n) is 0. The van der Waals surface area contributed by atoms with Crippen LogP contribution >= 0.6 is 0 Å². The fourth-order valence-corrected chi connectivity index (χ4v) is 0. The second-order valence-electron chi connectivity index (χ2n) is 0. The second-order valence-corrected chi connectivity index (χ2v) is 0. The Balaban J connectivity index is -0.000000000333. The molecule has 0 rings (SSSR count). The van der Waals surface area contributed by atoms with Crippen molar-refractivity contribution in [1.82, 2.24) is 0 Å². The molecule has 0 radical (unpaired) electrons. The summed E-state index contributed by atoms with van der Waals surface area (Å²) < 4.78 is 0. The van der Waals surface area contributed by atoms with Crippen LogP contribution in [0.1, 0.15) is 0 Å². The monoisotopic (exact) mass is 487 g/mol. The number of hydrogen-bond acceptors (Lipinski definition) is 2. The molecule has 0 aliphatic heterocycles. The van der Waals surface area contributed by atoms with Crippen LogP contribution in [0.25, 0.3) is 0 Å². The quantitative estimate of drug-likeness (QED) is 0.269. The van der Waals surface area contributed by atoms with E-state index >= 15 is 0 Å². The zero-order chi connectivity index (χ0) is 2.00. The molecular formula is Fe2Mo2Ni2S2-2. The van der Waals surface area contributed by atoms with Crippen molar-refractivity contribution in [2.24, 2.45) is 0 Å². The number of rotatable bonds is 0. The molecule has 0 bridgehead atoms. The van der Waals surface area contributed by atoms with Gasteiger partial charge in [-0.25, -0.2) is 0 Å². The van der Waals surface area contributed by atoms with Gasteiger partial charge >= 0.3 is 0 Å². The molecule has 0 N–H and O–H groups in total. The van der Waals surface area contributed by atoms with Crippen LogP contribution in [-0.2, 0) is 133 Å². The summed E-state index contributed by atoms with van der Waals surface area (Å²) in [5, 5.41) is 0. The van der Waals surface area contributed by atoms with E-state index in [1.807, 2.05) is 0 Å². The van der Waals surface area contributed by atoms with E-state index in [-0.39, 0.29) is 109 Å². The van der Waals surface area contributed by atoms with Gasteiger partial charge in [0, 0.05) is 109 Å². The summed E-state index contributed by atoms with van der Waals surface area (Å²) in [6.45, 7) is 0. The molecule has 0 nitrogen and oxygen atoms in total. The maximum Gasteiger partial charge on any atom is 0 e. The van der Waals surface area contributed by atoms with Crippen molar-refractivity contribution in [1.29, 1.82) is 0 Å². The molecule has 0 fully saturated rings. The molecule has 0 unspecified atom stereocenters. The molecule has 8 heteroatoms. The van der Waals surface area contributed by atoms with Crippen molar-refractivity contribution >= 4 is 23.3 Å². The normalized spacial score (nSPS) is 0.750. The van der Waals surface area contributed by atoms with E-state index in [9.17, 15) is 0 Å². The van der Waals surface area contributed by atoms with Crippen molar-refractivity contribution in [3.05, 3.63) is 0 Å². The zero-order valence-corrected chi connectivity index (χ0v) is 12.8. The minimum Gasteiger partial charge on any atom is -1.00 e. The first-order chi connectivity index (χ1) is 1.00. The summed E-state index contributed by atoms with van der Waals surface area (Å²) in [7, 11) is 0. The smallest absolute Gasteiger partial charge is 0 e. The summed E-state index contributed by atoms with van der Waals surface area (Å²) in [5.74, 6) is 0. The van der Waals surface area contributed by atoms with E-state index in [1.54, 1.807) is 0 Å². The molecule has 0 saturated heterocycles. The Hall–Kier alpha value is 4.10. The summed E-state index contributed by atoms with van der Waals surface area (Å²) in [6, 6.07) is 0. The van der Waals surface area contributed by atoms with E-state index in [1.165, 1.54) is 0 Å². The Kier molecular flexibility index (Phi) is 482. The maximum absolute atomic E-state index is 3.67. The molecule has 0 aromatic carbocycles. The van der Waals surface area contributed by atoms with Gasteiger partial charge in [0.2, 0.25) is 0 Å². The molecule has 0 aromatic heterocycles. The molecule has 0 aliphatic rings. The SMILES string of the molecule is [Fe].[Fe].[Mo].[Mo].[Ni].[Ni].[S-][S-]. The molecule has 62 valence electrons. The van der Waals surface area contributed by atoms with Gasteiger partial charge in [-0.2, -0.15) is 0 Å². The first kappa shape index (κ1) is 57.3. The second kappa shape index (κ2) is 67.3. The van der Waals surface area contributed by atoms with Gasteiger partial charge in [-0.1, -0.05) is 0 Å². The predicted molar refractivity (Wildman–Crippen MR) is 14.7 cm³/mol. The average molecular weight is 485 g/mol. The van der Waals surface area contributed by atoms with Crippen LogP contribution in [-0.4, -0.2) is 0 Å². The first-order valence-corrected chi connectivity index (χ1v) is 1.50. The van der Waals surface area contributed by atoms with Crippen LogP contribution < -0.4 is 0 Å². The maximum atomic E-state index is 3.67. The standard InChI is InChI=1S/2Fe.2Mo.2Ni.S2/c;;;;;;1-2/q;;;;;;-2. The van der Waals surface area contributed by atoms with Crippen molar-refractivity contribution in [2.75, 3.05) is 0 Å². The topological polar surface area (TPSA) is 0 Å². The molecule has 0 spiro atoms. The summed E-state index contributed by atoms with van der Waals surface area (Å²) in [4.78, 5) is 0. The summed E-state index contributed by atoms with van der Waals surface area (Å²) >= 11 is 7.33. The third kappa shape index (κ3) is 49.7. The molecule has 0 heterocycles. The van der Waals surface area contributed by atoms with Gasteiger partial charge in [0.1, 0.15) is 0 Å². The van der Waals surface area contributed by atoms with Gasteiger partial charge in [0.25, 0.3) is 0 Å². The van der Waals surface area contributed by atoms with Crippen LogP contribution in [0.2, 0.25) is 0 Å². The molecule has 0 atom stereocenters. The van der Waals surface area contributed by atoms with Crippen LogP contribution in [0.3, 0.4) is 0 Å². The van der Waals surface area contributed by atoms with Gasteiger partial charge in [-0.05, 0) is 0 Å². The van der Waals surface area contributed by atoms with E-state index in [0.29, 0.717) is 0 Å². The molecule has 0 amide bonds. The number of hydrogen-bond donors (Lipinski definition) is 0. The Morgan fingerprint density at radius 3 is 0.625 bits per heavy atom. The van der Waals surface area contributed by atoms with E-state index in [2.05, 4.69) is 23.3 Å². The van der Waals surface area contributed by atoms with Crippen LogP contribution in [0, 0.1) is 0 Å². The Morgan fingerprint density at radius 1 is 0.625 bits per heavy atom. The molecular weight excluding hydrogens is 485 g/mol. The average Bonchev–Trinajstić information content (AvgIpc) is 1.00. The van der Waals surface area contributed by atoms with Crippen molar-refractivity contribution in [2.45, 2.75) is 0 Å². The first-order valence-electron chi connectivity index (χ1n) is 0.167. The third-order valence-corrected chi connectivity index (χ3v) is 0. The van der Waals surface area contributed by atoms with E-state index in [0.717, 1.165) is 0 Å². The third-order valence-electron chi connectivity index (χ3n) is 0. The molecule has 0 aromatic rings. The van der Waals surface area contributed by atoms with Crippen LogP contribution in [0.15, 0.2) is 0 Å². The minimum atomic E-state index is 0. The van der Waals surface area contributed by atoms with Crippen molar-refractivity contribution in [3.8, 4) is 0 Å². The Morgan fingerprint density at radius 2 is 0.625 bits per heavy atom. The fraction of sp³-hybridized carbons (Fsp3) is 0. The molecule has 0 saturated carbocycles. The van der Waals surface area contributed by atoms with Gasteiger partial charge in [0.15, 0.2) is 0 Å². The molecule has 8 heavy (non-hydrogen) atoms. The minimum absolute atomic E-state index is 0. The van der Waals surface area contributed by atoms with Crippen LogP contribution in [0.4, 0.5) is 0 Å². The Labute approximate surface area is 130 Å². The largest absolute Gasteiger partial charge is 1.00 e. The van der Waals surface area contributed by atoms with Gasteiger partial charge < -0.3 is 23.3 Å². The van der Waals surface area contributed by atoms with E-state index in [4.69, 9.17) is 0 Å². The predicted octanol–water partition coefficient (Wildman–Crippen LogP) is -0.0198. The Bertz CT molecular complexity index is 16.0. The van der Waals surface area contributed by atoms with Crippen LogP contribution in [0.5, 0.6) is 0 Å². The van der Waals surface area contributed by atoms with Crippen molar-refractivity contribution < 1.29 is 109 Å². The zero-order valence-electron chi connectivity index (χ0n) is 2.97. The summed E-state index contributed by atoms with van der Waals surface area (Å²) in [5.41, 5.74) is 0. The van der Waals surface area contributed by atoms with Gasteiger partial charge in [-0.15, -0.1) is 0 Å². The van der Waals surface area contributed by atoms with Gasteiger partial charge in [-0.3, -0.25) is 0 Å². The van der Waals surface area contributed by atoms with Gasteiger partial charge in [0.05, 0.1) is 0 Å². The van der Waals surface area contributed by atoms with Crippen molar-refractivity contribution in [3.63, 3.8) is 0 Å². The van der Waals surface area contributed by atoms with E-state index < -0.39 is 0 Å². The summed E-state index contributed by atoms with van der Waals surface area (Å²) in [6.07, 6.45) is 0. The molecule has 0 aliphatic carbocycles.